The summed E-state index contributed by atoms with van der Waals surface area (Å²) in [6.07, 6.45) is 1.73. The second-order valence-corrected chi connectivity index (χ2v) is 5.92. The summed E-state index contributed by atoms with van der Waals surface area (Å²) in [5.74, 6) is 0. The van der Waals surface area contributed by atoms with Crippen molar-refractivity contribution in [2.24, 2.45) is 4.99 Å². The van der Waals surface area contributed by atoms with Gasteiger partial charge in [0.2, 0.25) is 10.0 Å². The smallest absolute Gasteiger partial charge is 0.240 e. The van der Waals surface area contributed by atoms with E-state index in [1.165, 1.54) is 0 Å². The predicted octanol–water partition coefficient (Wildman–Crippen LogP) is 2.08. The van der Waals surface area contributed by atoms with Gasteiger partial charge in [0, 0.05) is 12.8 Å². The van der Waals surface area contributed by atoms with Crippen molar-refractivity contribution in [1.29, 1.82) is 0 Å². The van der Waals surface area contributed by atoms with Gasteiger partial charge in [-0.25, -0.2) is 13.1 Å². The van der Waals surface area contributed by atoms with E-state index in [0.29, 0.717) is 6.54 Å². The molecule has 0 atom stereocenters. The third-order valence-electron chi connectivity index (χ3n) is 2.63. The van der Waals surface area contributed by atoms with E-state index in [1.54, 1.807) is 36.5 Å². The van der Waals surface area contributed by atoms with Gasteiger partial charge in [-0.05, 0) is 17.7 Å². The molecule has 2 aromatic carbocycles. The van der Waals surface area contributed by atoms with Crippen molar-refractivity contribution in [2.75, 3.05) is 13.1 Å². The molecule has 0 aliphatic carbocycles. The summed E-state index contributed by atoms with van der Waals surface area (Å²) in [6, 6.07) is 18.0. The van der Waals surface area contributed by atoms with Crippen molar-refractivity contribution in [1.82, 2.24) is 4.72 Å². The van der Waals surface area contributed by atoms with Gasteiger partial charge in [-0.1, -0.05) is 48.5 Å². The number of aliphatic imine (C=N–C) groups is 1. The van der Waals surface area contributed by atoms with Gasteiger partial charge in [0.15, 0.2) is 0 Å². The molecule has 4 nitrogen and oxygen atoms in total. The number of sulfonamides is 1. The molecule has 0 amide bonds. The Morgan fingerprint density at radius 1 is 0.950 bits per heavy atom. The Morgan fingerprint density at radius 3 is 2.20 bits per heavy atom. The maximum absolute atomic E-state index is 11.9. The van der Waals surface area contributed by atoms with Crippen LogP contribution in [-0.2, 0) is 10.0 Å². The fourth-order valence-electron chi connectivity index (χ4n) is 1.64. The standard InChI is InChI=1S/C15H16N2O2S/c18-20(19,15-9-5-2-6-10-15)17-12-11-16-13-14-7-3-1-4-8-14/h1-10,13,17H,11-12H2. The molecule has 5 heteroatoms. The summed E-state index contributed by atoms with van der Waals surface area (Å²) < 4.78 is 26.3. The van der Waals surface area contributed by atoms with Gasteiger partial charge < -0.3 is 0 Å². The predicted molar refractivity (Wildman–Crippen MR) is 80.5 cm³/mol. The molecule has 0 aliphatic heterocycles. The van der Waals surface area contributed by atoms with Crippen LogP contribution in [0.3, 0.4) is 0 Å². The molecule has 20 heavy (non-hydrogen) atoms. The first-order valence-electron chi connectivity index (χ1n) is 6.28. The van der Waals surface area contributed by atoms with Crippen molar-refractivity contribution in [3.63, 3.8) is 0 Å². The minimum Gasteiger partial charge on any atom is -0.291 e. The van der Waals surface area contributed by atoms with Gasteiger partial charge in [-0.15, -0.1) is 0 Å². The average molecular weight is 288 g/mol. The van der Waals surface area contributed by atoms with Gasteiger partial charge in [-0.3, -0.25) is 4.99 Å². The van der Waals surface area contributed by atoms with E-state index in [2.05, 4.69) is 9.71 Å². The van der Waals surface area contributed by atoms with E-state index in [4.69, 9.17) is 0 Å². The second kappa shape index (κ2) is 6.98. The SMILES string of the molecule is O=S(=O)(NCCN=Cc1ccccc1)c1ccccc1. The molecule has 0 saturated heterocycles. The highest BCUT2D eigenvalue weighted by Gasteiger charge is 2.11. The highest BCUT2D eigenvalue weighted by Crippen LogP contribution is 2.06. The Hall–Kier alpha value is -1.98. The minimum atomic E-state index is -3.43. The van der Waals surface area contributed by atoms with Crippen LogP contribution < -0.4 is 4.72 Å². The van der Waals surface area contributed by atoms with Crippen LogP contribution in [0.4, 0.5) is 0 Å². The van der Waals surface area contributed by atoms with Crippen molar-refractivity contribution in [2.45, 2.75) is 4.90 Å². The van der Waals surface area contributed by atoms with Crippen LogP contribution in [0.2, 0.25) is 0 Å². The van der Waals surface area contributed by atoms with Crippen LogP contribution in [0.1, 0.15) is 5.56 Å². The maximum atomic E-state index is 11.9. The number of rotatable bonds is 6. The van der Waals surface area contributed by atoms with E-state index >= 15 is 0 Å². The molecule has 2 aromatic rings. The van der Waals surface area contributed by atoms with Crippen LogP contribution >= 0.6 is 0 Å². The third kappa shape index (κ3) is 4.29. The van der Waals surface area contributed by atoms with E-state index in [1.807, 2.05) is 30.3 Å². The summed E-state index contributed by atoms with van der Waals surface area (Å²) in [5.41, 5.74) is 0.999. The molecule has 0 saturated carbocycles. The number of benzene rings is 2. The summed E-state index contributed by atoms with van der Waals surface area (Å²) in [5, 5.41) is 0. The molecule has 1 N–H and O–H groups in total. The molecule has 0 radical (unpaired) electrons. The lowest BCUT2D eigenvalue weighted by Gasteiger charge is -2.04. The van der Waals surface area contributed by atoms with Crippen LogP contribution in [0.5, 0.6) is 0 Å². The molecule has 0 fully saturated rings. The highest BCUT2D eigenvalue weighted by molar-refractivity contribution is 7.89. The summed E-state index contributed by atoms with van der Waals surface area (Å²) >= 11 is 0. The van der Waals surface area contributed by atoms with Gasteiger partial charge in [0.05, 0.1) is 11.4 Å². The molecule has 0 spiro atoms. The highest BCUT2D eigenvalue weighted by atomic mass is 32.2. The number of nitrogens with zero attached hydrogens (tertiary/aromatic N) is 1. The van der Waals surface area contributed by atoms with Crippen LogP contribution in [-0.4, -0.2) is 27.7 Å². The van der Waals surface area contributed by atoms with E-state index in [0.717, 1.165) is 5.56 Å². The van der Waals surface area contributed by atoms with Crippen LogP contribution in [0, 0.1) is 0 Å². The van der Waals surface area contributed by atoms with Gasteiger partial charge in [0.25, 0.3) is 0 Å². The molecular formula is C15H16N2O2S. The Labute approximate surface area is 119 Å². The fourth-order valence-corrected chi connectivity index (χ4v) is 2.68. The topological polar surface area (TPSA) is 58.5 Å². The minimum absolute atomic E-state index is 0.270. The molecule has 0 aliphatic rings. The molecule has 0 unspecified atom stereocenters. The molecule has 104 valence electrons. The number of hydrogen-bond donors (Lipinski definition) is 1. The molecule has 2 rings (SSSR count). The Kier molecular flexibility index (Phi) is 5.03. The van der Waals surface area contributed by atoms with Crippen LogP contribution in [0.15, 0.2) is 70.6 Å². The molecular weight excluding hydrogens is 272 g/mol. The van der Waals surface area contributed by atoms with Gasteiger partial charge >= 0.3 is 0 Å². The van der Waals surface area contributed by atoms with E-state index < -0.39 is 10.0 Å². The largest absolute Gasteiger partial charge is 0.291 e. The van der Waals surface area contributed by atoms with Crippen molar-refractivity contribution >= 4 is 16.2 Å². The number of hydrogen-bond acceptors (Lipinski definition) is 3. The molecule has 0 heterocycles. The zero-order valence-electron chi connectivity index (χ0n) is 10.9. The molecule has 0 aromatic heterocycles. The maximum Gasteiger partial charge on any atom is 0.240 e. The zero-order chi connectivity index (χ0) is 14.3. The normalized spacial score (nSPS) is 11.8. The van der Waals surface area contributed by atoms with Crippen molar-refractivity contribution in [3.8, 4) is 0 Å². The Balaban J connectivity index is 1.83. The van der Waals surface area contributed by atoms with Crippen LogP contribution in [0.25, 0.3) is 0 Å². The summed E-state index contributed by atoms with van der Waals surface area (Å²) in [6.45, 7) is 0.682. The first-order valence-corrected chi connectivity index (χ1v) is 7.76. The monoisotopic (exact) mass is 288 g/mol. The molecule has 0 bridgehead atoms. The van der Waals surface area contributed by atoms with E-state index in [-0.39, 0.29) is 11.4 Å². The first kappa shape index (κ1) is 14.4. The van der Waals surface area contributed by atoms with Crippen molar-refractivity contribution in [3.05, 3.63) is 66.2 Å². The Morgan fingerprint density at radius 2 is 1.55 bits per heavy atom. The van der Waals surface area contributed by atoms with Crippen molar-refractivity contribution < 1.29 is 8.42 Å². The summed E-state index contributed by atoms with van der Waals surface area (Å²) in [4.78, 5) is 4.46. The lowest BCUT2D eigenvalue weighted by Crippen LogP contribution is -2.26. The van der Waals surface area contributed by atoms with E-state index in [9.17, 15) is 8.42 Å². The quantitative estimate of drug-likeness (QED) is 0.653. The number of nitrogens with one attached hydrogen (secondary N) is 1. The lowest BCUT2D eigenvalue weighted by atomic mass is 10.2. The first-order chi connectivity index (χ1) is 9.68. The average Bonchev–Trinajstić information content (AvgIpc) is 2.49. The Bertz CT molecular complexity index is 653. The zero-order valence-corrected chi connectivity index (χ0v) is 11.8. The fraction of sp³-hybridized carbons (Fsp3) is 0.133. The third-order valence-corrected chi connectivity index (χ3v) is 4.10. The van der Waals surface area contributed by atoms with Gasteiger partial charge in [-0.2, -0.15) is 0 Å². The second-order valence-electron chi connectivity index (χ2n) is 4.16. The van der Waals surface area contributed by atoms with Gasteiger partial charge in [0.1, 0.15) is 0 Å². The summed E-state index contributed by atoms with van der Waals surface area (Å²) in [7, 11) is -3.43. The lowest BCUT2D eigenvalue weighted by molar-refractivity contribution is 0.582.